The van der Waals surface area contributed by atoms with E-state index >= 15 is 0 Å². The Balaban J connectivity index is 2.26. The molecule has 20 heavy (non-hydrogen) atoms. The summed E-state index contributed by atoms with van der Waals surface area (Å²) in [5, 5.41) is 0. The van der Waals surface area contributed by atoms with Crippen molar-refractivity contribution in [3.05, 3.63) is 53.5 Å². The van der Waals surface area contributed by atoms with E-state index < -0.39 is 0 Å². The van der Waals surface area contributed by atoms with Gasteiger partial charge in [-0.25, -0.2) is 0 Å². The molecule has 0 saturated heterocycles. The number of amides is 1. The van der Waals surface area contributed by atoms with E-state index in [1.807, 2.05) is 31.2 Å². The molecule has 0 radical (unpaired) electrons. The molecule has 1 heterocycles. The minimum Gasteiger partial charge on any atom is -0.456 e. The predicted molar refractivity (Wildman–Crippen MR) is 83.1 cm³/mol. The Morgan fingerprint density at radius 1 is 1.35 bits per heavy atom. The molecule has 5 heteroatoms. The Bertz CT molecular complexity index is 649. The van der Waals surface area contributed by atoms with Gasteiger partial charge in [-0.15, -0.1) is 0 Å². The van der Waals surface area contributed by atoms with Gasteiger partial charge in [-0.05, 0) is 24.3 Å². The first kappa shape index (κ1) is 14.3. The van der Waals surface area contributed by atoms with E-state index in [1.54, 1.807) is 19.2 Å². The average molecular weight is 288 g/mol. The molecule has 0 aliphatic rings. The fourth-order valence-corrected chi connectivity index (χ4v) is 1.96. The molecule has 4 nitrogen and oxygen atoms in total. The number of hydrogen-bond donors (Lipinski definition) is 1. The van der Waals surface area contributed by atoms with Crippen LogP contribution in [-0.2, 0) is 6.42 Å². The summed E-state index contributed by atoms with van der Waals surface area (Å²) in [6.07, 6.45) is 0.758. The highest BCUT2D eigenvalue weighted by Crippen LogP contribution is 2.18. The van der Waals surface area contributed by atoms with Crippen molar-refractivity contribution in [3.63, 3.8) is 0 Å². The van der Waals surface area contributed by atoms with E-state index in [0.717, 1.165) is 23.4 Å². The third-order valence-electron chi connectivity index (χ3n) is 3.04. The molecule has 0 spiro atoms. The van der Waals surface area contributed by atoms with Crippen molar-refractivity contribution in [2.24, 2.45) is 5.73 Å². The largest absolute Gasteiger partial charge is 0.456 e. The molecule has 0 aliphatic heterocycles. The van der Waals surface area contributed by atoms with Gasteiger partial charge in [0.1, 0.15) is 10.7 Å². The zero-order valence-corrected chi connectivity index (χ0v) is 12.2. The number of furan rings is 1. The molecule has 0 bridgehead atoms. The molecule has 0 aliphatic carbocycles. The highest BCUT2D eigenvalue weighted by molar-refractivity contribution is 7.80. The van der Waals surface area contributed by atoms with Crippen LogP contribution in [0.25, 0.3) is 0 Å². The molecule has 1 aromatic carbocycles. The van der Waals surface area contributed by atoms with E-state index in [0.29, 0.717) is 10.7 Å². The maximum atomic E-state index is 12.3. The number of carbonyl (C=O) groups is 1. The van der Waals surface area contributed by atoms with Crippen LogP contribution in [-0.4, -0.2) is 17.9 Å². The van der Waals surface area contributed by atoms with Crippen molar-refractivity contribution in [1.29, 1.82) is 0 Å². The molecule has 2 aromatic rings. The minimum absolute atomic E-state index is 0.204. The molecule has 1 amide bonds. The number of nitrogens with two attached hydrogens (primary N) is 1. The standard InChI is InChI=1S/C15H16N2O2S/c1-3-12-7-8-13(19-12)15(18)17(2)11-6-4-5-10(9-11)14(16)20/h4-9H,3H2,1-2H3,(H2,16,20). The van der Waals surface area contributed by atoms with Gasteiger partial charge in [-0.3, -0.25) is 4.79 Å². The Hall–Kier alpha value is -2.14. The van der Waals surface area contributed by atoms with Crippen LogP contribution in [0.15, 0.2) is 40.8 Å². The van der Waals surface area contributed by atoms with Crippen molar-refractivity contribution >= 4 is 28.8 Å². The van der Waals surface area contributed by atoms with Gasteiger partial charge in [0, 0.05) is 24.7 Å². The second kappa shape index (κ2) is 5.88. The lowest BCUT2D eigenvalue weighted by Gasteiger charge is -2.16. The molecule has 2 N–H and O–H groups in total. The number of benzene rings is 1. The normalized spacial score (nSPS) is 10.3. The lowest BCUT2D eigenvalue weighted by Crippen LogP contribution is -2.26. The van der Waals surface area contributed by atoms with Crippen LogP contribution in [0.5, 0.6) is 0 Å². The van der Waals surface area contributed by atoms with E-state index in [1.165, 1.54) is 4.90 Å². The van der Waals surface area contributed by atoms with Gasteiger partial charge in [0.05, 0.1) is 0 Å². The van der Waals surface area contributed by atoms with Crippen molar-refractivity contribution in [1.82, 2.24) is 0 Å². The Labute approximate surface area is 123 Å². The first-order valence-electron chi connectivity index (χ1n) is 6.29. The topological polar surface area (TPSA) is 59.5 Å². The summed E-state index contributed by atoms with van der Waals surface area (Å²) in [7, 11) is 1.69. The van der Waals surface area contributed by atoms with E-state index in [2.05, 4.69) is 0 Å². The molecular weight excluding hydrogens is 272 g/mol. The summed E-state index contributed by atoms with van der Waals surface area (Å²) in [5.74, 6) is 0.911. The van der Waals surface area contributed by atoms with Crippen LogP contribution in [0.3, 0.4) is 0 Å². The molecule has 0 saturated carbocycles. The SMILES string of the molecule is CCc1ccc(C(=O)N(C)c2cccc(C(N)=S)c2)o1. The highest BCUT2D eigenvalue weighted by atomic mass is 32.1. The summed E-state index contributed by atoms with van der Waals surface area (Å²) >= 11 is 4.94. The molecule has 0 fully saturated rings. The maximum absolute atomic E-state index is 12.3. The van der Waals surface area contributed by atoms with Crippen molar-refractivity contribution < 1.29 is 9.21 Å². The lowest BCUT2D eigenvalue weighted by molar-refractivity contribution is 0.0965. The number of anilines is 1. The van der Waals surface area contributed by atoms with Gasteiger partial charge >= 0.3 is 0 Å². The van der Waals surface area contributed by atoms with Gasteiger partial charge in [0.25, 0.3) is 5.91 Å². The zero-order chi connectivity index (χ0) is 14.7. The summed E-state index contributed by atoms with van der Waals surface area (Å²) in [6, 6.07) is 10.7. The van der Waals surface area contributed by atoms with Gasteiger partial charge in [-0.2, -0.15) is 0 Å². The fourth-order valence-electron chi connectivity index (χ4n) is 1.83. The number of nitrogens with zero attached hydrogens (tertiary/aromatic N) is 1. The van der Waals surface area contributed by atoms with Crippen molar-refractivity contribution in [2.75, 3.05) is 11.9 Å². The number of rotatable bonds is 4. The first-order chi connectivity index (χ1) is 9.52. The second-order valence-corrected chi connectivity index (χ2v) is 4.84. The third kappa shape index (κ3) is 2.88. The van der Waals surface area contributed by atoms with E-state index in [4.69, 9.17) is 22.4 Å². The van der Waals surface area contributed by atoms with E-state index in [-0.39, 0.29) is 5.91 Å². The molecule has 2 rings (SSSR count). The second-order valence-electron chi connectivity index (χ2n) is 4.40. The van der Waals surface area contributed by atoms with Crippen LogP contribution in [0.1, 0.15) is 28.8 Å². The van der Waals surface area contributed by atoms with Crippen LogP contribution < -0.4 is 10.6 Å². The minimum atomic E-state index is -0.204. The molecule has 0 unspecified atom stereocenters. The summed E-state index contributed by atoms with van der Waals surface area (Å²) < 4.78 is 5.47. The Morgan fingerprint density at radius 2 is 2.10 bits per heavy atom. The van der Waals surface area contributed by atoms with Gasteiger partial charge < -0.3 is 15.1 Å². The molecule has 104 valence electrons. The van der Waals surface area contributed by atoms with Crippen LogP contribution >= 0.6 is 12.2 Å². The summed E-state index contributed by atoms with van der Waals surface area (Å²) in [5.41, 5.74) is 7.05. The fraction of sp³-hybridized carbons (Fsp3) is 0.200. The van der Waals surface area contributed by atoms with Gasteiger partial charge in [0.15, 0.2) is 5.76 Å². The summed E-state index contributed by atoms with van der Waals surface area (Å²) in [6.45, 7) is 1.97. The van der Waals surface area contributed by atoms with Crippen molar-refractivity contribution in [2.45, 2.75) is 13.3 Å². The lowest BCUT2D eigenvalue weighted by atomic mass is 10.2. The maximum Gasteiger partial charge on any atom is 0.293 e. The molecule has 1 aromatic heterocycles. The highest BCUT2D eigenvalue weighted by Gasteiger charge is 2.17. The quantitative estimate of drug-likeness (QED) is 0.879. The molecular formula is C15H16N2O2S. The number of thiocarbonyl (C=S) groups is 1. The third-order valence-corrected chi connectivity index (χ3v) is 3.28. The van der Waals surface area contributed by atoms with Crippen molar-refractivity contribution in [3.8, 4) is 0 Å². The van der Waals surface area contributed by atoms with Crippen LogP contribution in [0.4, 0.5) is 5.69 Å². The first-order valence-corrected chi connectivity index (χ1v) is 6.70. The van der Waals surface area contributed by atoms with Crippen LogP contribution in [0.2, 0.25) is 0 Å². The number of hydrogen-bond acceptors (Lipinski definition) is 3. The zero-order valence-electron chi connectivity index (χ0n) is 11.4. The van der Waals surface area contributed by atoms with E-state index in [9.17, 15) is 4.79 Å². The average Bonchev–Trinajstić information content (AvgIpc) is 2.94. The monoisotopic (exact) mass is 288 g/mol. The Morgan fingerprint density at radius 3 is 2.70 bits per heavy atom. The van der Waals surface area contributed by atoms with Gasteiger partial charge in [-0.1, -0.05) is 31.3 Å². The summed E-state index contributed by atoms with van der Waals surface area (Å²) in [4.78, 5) is 14.1. The molecule has 0 atom stereocenters. The van der Waals surface area contributed by atoms with Crippen LogP contribution in [0, 0.1) is 0 Å². The van der Waals surface area contributed by atoms with Gasteiger partial charge in [0.2, 0.25) is 0 Å². The Kier molecular flexibility index (Phi) is 4.20. The number of aryl methyl sites for hydroxylation is 1. The smallest absolute Gasteiger partial charge is 0.293 e. The predicted octanol–water partition coefficient (Wildman–Crippen LogP) is 2.75. The number of carbonyl (C=O) groups excluding carboxylic acids is 1.